The van der Waals surface area contributed by atoms with E-state index in [1.165, 1.54) is 5.56 Å². The van der Waals surface area contributed by atoms with Gasteiger partial charge in [-0.05, 0) is 46.5 Å². The van der Waals surface area contributed by atoms with E-state index >= 15 is 0 Å². The van der Waals surface area contributed by atoms with Crippen molar-refractivity contribution in [3.63, 3.8) is 0 Å². The summed E-state index contributed by atoms with van der Waals surface area (Å²) in [6, 6.07) is 4.40. The fraction of sp³-hybridized carbons (Fsp3) is 0.600. The zero-order chi connectivity index (χ0) is 14.3. The van der Waals surface area contributed by atoms with E-state index in [0.29, 0.717) is 6.04 Å². The number of rotatable bonds is 8. The van der Waals surface area contributed by atoms with Crippen molar-refractivity contribution in [3.8, 4) is 11.5 Å². The summed E-state index contributed by atoms with van der Waals surface area (Å²) < 4.78 is 10.9. The molecule has 0 radical (unpaired) electrons. The molecule has 0 fully saturated rings. The lowest BCUT2D eigenvalue weighted by atomic mass is 9.98. The zero-order valence-corrected chi connectivity index (χ0v) is 12.7. The van der Waals surface area contributed by atoms with E-state index in [1.54, 1.807) is 14.2 Å². The first-order chi connectivity index (χ1) is 9.19. The summed E-state index contributed by atoms with van der Waals surface area (Å²) in [6.45, 7) is 3.05. The van der Waals surface area contributed by atoms with Crippen molar-refractivity contribution in [2.45, 2.75) is 25.8 Å². The van der Waals surface area contributed by atoms with Gasteiger partial charge in [-0.15, -0.1) is 0 Å². The van der Waals surface area contributed by atoms with Crippen LogP contribution in [0.25, 0.3) is 0 Å². The highest BCUT2D eigenvalue weighted by atomic mass is 16.5. The fourth-order valence-corrected chi connectivity index (χ4v) is 2.40. The minimum Gasteiger partial charge on any atom is -0.496 e. The van der Waals surface area contributed by atoms with Crippen LogP contribution >= 0.6 is 0 Å². The summed E-state index contributed by atoms with van der Waals surface area (Å²) in [7, 11) is 7.37. The van der Waals surface area contributed by atoms with Gasteiger partial charge >= 0.3 is 0 Å². The van der Waals surface area contributed by atoms with Gasteiger partial charge in [0.25, 0.3) is 0 Å². The summed E-state index contributed by atoms with van der Waals surface area (Å²) in [5, 5.41) is 6.55. The van der Waals surface area contributed by atoms with E-state index in [1.807, 2.05) is 27.1 Å². The monoisotopic (exact) mass is 266 g/mol. The SMILES string of the molecule is CNCCCC(NC)c1ccc(OC)c(C)c1OC. The Hall–Kier alpha value is -1.26. The largest absolute Gasteiger partial charge is 0.496 e. The van der Waals surface area contributed by atoms with Gasteiger partial charge in [-0.3, -0.25) is 0 Å². The zero-order valence-electron chi connectivity index (χ0n) is 12.7. The number of methoxy groups -OCH3 is 2. The molecule has 1 atom stereocenters. The Morgan fingerprint density at radius 3 is 2.42 bits per heavy atom. The van der Waals surface area contributed by atoms with Gasteiger partial charge in [0.05, 0.1) is 14.2 Å². The predicted molar refractivity (Wildman–Crippen MR) is 79.2 cm³/mol. The van der Waals surface area contributed by atoms with Crippen LogP contribution in [-0.2, 0) is 0 Å². The van der Waals surface area contributed by atoms with Crippen molar-refractivity contribution >= 4 is 0 Å². The van der Waals surface area contributed by atoms with Crippen molar-refractivity contribution in [2.24, 2.45) is 0 Å². The summed E-state index contributed by atoms with van der Waals surface area (Å²) in [5.41, 5.74) is 2.25. The third kappa shape index (κ3) is 3.85. The van der Waals surface area contributed by atoms with E-state index in [9.17, 15) is 0 Å². The lowest BCUT2D eigenvalue weighted by Gasteiger charge is -2.21. The number of hydrogen-bond donors (Lipinski definition) is 2. The van der Waals surface area contributed by atoms with Crippen LogP contribution in [0.4, 0.5) is 0 Å². The van der Waals surface area contributed by atoms with Crippen LogP contribution in [0, 0.1) is 6.92 Å². The smallest absolute Gasteiger partial charge is 0.130 e. The summed E-state index contributed by atoms with van der Waals surface area (Å²) >= 11 is 0. The van der Waals surface area contributed by atoms with Crippen LogP contribution < -0.4 is 20.1 Å². The Morgan fingerprint density at radius 1 is 1.16 bits per heavy atom. The Labute approximate surface area is 116 Å². The molecule has 4 heteroatoms. The molecule has 4 nitrogen and oxygen atoms in total. The van der Waals surface area contributed by atoms with Gasteiger partial charge in [0.2, 0.25) is 0 Å². The highest BCUT2D eigenvalue weighted by Gasteiger charge is 2.18. The normalized spacial score (nSPS) is 12.3. The first kappa shape index (κ1) is 15.8. The third-order valence-electron chi connectivity index (χ3n) is 3.45. The van der Waals surface area contributed by atoms with Crippen LogP contribution in [0.3, 0.4) is 0 Å². The lowest BCUT2D eigenvalue weighted by Crippen LogP contribution is -2.19. The van der Waals surface area contributed by atoms with Crippen molar-refractivity contribution in [3.05, 3.63) is 23.3 Å². The minimum atomic E-state index is 0.299. The Bertz CT molecular complexity index is 394. The molecule has 0 bridgehead atoms. The van der Waals surface area contributed by atoms with Crippen LogP contribution in [0.2, 0.25) is 0 Å². The molecule has 0 aliphatic rings. The van der Waals surface area contributed by atoms with E-state index in [4.69, 9.17) is 9.47 Å². The molecule has 108 valence electrons. The molecule has 0 aromatic heterocycles. The number of hydrogen-bond acceptors (Lipinski definition) is 4. The molecule has 1 rings (SSSR count). The molecule has 1 aromatic rings. The Balaban J connectivity index is 2.99. The van der Waals surface area contributed by atoms with Crippen LogP contribution in [0.5, 0.6) is 11.5 Å². The molecule has 0 spiro atoms. The van der Waals surface area contributed by atoms with E-state index in [-0.39, 0.29) is 0 Å². The first-order valence-corrected chi connectivity index (χ1v) is 6.72. The fourth-order valence-electron chi connectivity index (χ4n) is 2.40. The molecule has 0 aliphatic carbocycles. The summed E-state index contributed by atoms with van der Waals surface area (Å²) in [5.74, 6) is 1.79. The van der Waals surface area contributed by atoms with Crippen molar-refractivity contribution < 1.29 is 9.47 Å². The van der Waals surface area contributed by atoms with Gasteiger partial charge in [0, 0.05) is 17.2 Å². The quantitative estimate of drug-likeness (QED) is 0.708. The van der Waals surface area contributed by atoms with Crippen LogP contribution in [0.1, 0.15) is 30.0 Å². The second-order valence-electron chi connectivity index (χ2n) is 4.60. The van der Waals surface area contributed by atoms with Gasteiger partial charge in [0.15, 0.2) is 0 Å². The number of ether oxygens (including phenoxy) is 2. The average molecular weight is 266 g/mol. The molecule has 0 amide bonds. The molecule has 0 saturated heterocycles. The topological polar surface area (TPSA) is 42.5 Å². The predicted octanol–water partition coefficient (Wildman–Crippen LogP) is 2.27. The molecule has 1 aromatic carbocycles. The third-order valence-corrected chi connectivity index (χ3v) is 3.45. The highest BCUT2D eigenvalue weighted by molar-refractivity contribution is 5.50. The van der Waals surface area contributed by atoms with Crippen LogP contribution in [0.15, 0.2) is 12.1 Å². The maximum Gasteiger partial charge on any atom is 0.130 e. The lowest BCUT2D eigenvalue weighted by molar-refractivity contribution is 0.378. The average Bonchev–Trinajstić information content (AvgIpc) is 2.43. The van der Waals surface area contributed by atoms with Crippen molar-refractivity contribution in [1.82, 2.24) is 10.6 Å². The number of nitrogens with one attached hydrogen (secondary N) is 2. The van der Waals surface area contributed by atoms with Crippen LogP contribution in [-0.4, -0.2) is 34.9 Å². The van der Waals surface area contributed by atoms with Gasteiger partial charge in [-0.1, -0.05) is 6.07 Å². The molecule has 1 unspecified atom stereocenters. The van der Waals surface area contributed by atoms with Gasteiger partial charge < -0.3 is 20.1 Å². The molecular formula is C15H26N2O2. The molecule has 0 aliphatic heterocycles. The molecule has 2 N–H and O–H groups in total. The molecular weight excluding hydrogens is 240 g/mol. The second kappa shape index (κ2) is 8.02. The highest BCUT2D eigenvalue weighted by Crippen LogP contribution is 2.35. The first-order valence-electron chi connectivity index (χ1n) is 6.72. The van der Waals surface area contributed by atoms with Crippen molar-refractivity contribution in [2.75, 3.05) is 34.9 Å². The molecule has 0 saturated carbocycles. The Morgan fingerprint density at radius 2 is 1.89 bits per heavy atom. The van der Waals surface area contributed by atoms with E-state index in [2.05, 4.69) is 16.7 Å². The van der Waals surface area contributed by atoms with Gasteiger partial charge in [-0.25, -0.2) is 0 Å². The molecule has 19 heavy (non-hydrogen) atoms. The van der Waals surface area contributed by atoms with E-state index in [0.717, 1.165) is 36.4 Å². The van der Waals surface area contributed by atoms with Gasteiger partial charge in [0.1, 0.15) is 11.5 Å². The van der Waals surface area contributed by atoms with E-state index < -0.39 is 0 Å². The standard InChI is InChI=1S/C15H26N2O2/c1-11-14(18-4)9-8-12(15(11)19-5)13(17-3)7-6-10-16-2/h8-9,13,16-17H,6-7,10H2,1-5H3. The molecule has 0 heterocycles. The summed E-state index contributed by atoms with van der Waals surface area (Å²) in [6.07, 6.45) is 2.19. The Kier molecular flexibility index (Phi) is 6.67. The minimum absolute atomic E-state index is 0.299. The second-order valence-corrected chi connectivity index (χ2v) is 4.60. The maximum absolute atomic E-state index is 5.57. The van der Waals surface area contributed by atoms with Gasteiger partial charge in [-0.2, -0.15) is 0 Å². The maximum atomic E-state index is 5.57. The number of benzene rings is 1. The summed E-state index contributed by atoms with van der Waals surface area (Å²) in [4.78, 5) is 0. The van der Waals surface area contributed by atoms with Crippen molar-refractivity contribution in [1.29, 1.82) is 0 Å².